The molecule has 34 heavy (non-hydrogen) atoms. The van der Waals surface area contributed by atoms with E-state index < -0.39 is 5.97 Å². The summed E-state index contributed by atoms with van der Waals surface area (Å²) in [5, 5.41) is 12.5. The maximum atomic E-state index is 12.7. The molecule has 0 aliphatic carbocycles. The number of allylic oxidation sites excluding steroid dienone is 1. The van der Waals surface area contributed by atoms with Crippen molar-refractivity contribution in [1.29, 1.82) is 0 Å². The summed E-state index contributed by atoms with van der Waals surface area (Å²) in [6.07, 6.45) is 1.73. The normalized spacial score (nSPS) is 10.6. The average Bonchev–Trinajstić information content (AvgIpc) is 3.36. The Hall–Kier alpha value is -3.31. The Balaban J connectivity index is 1.79. The number of aromatic nitrogens is 3. The Morgan fingerprint density at radius 1 is 1.18 bits per heavy atom. The fraction of sp³-hybridized carbons (Fsp3) is 0.304. The van der Waals surface area contributed by atoms with Gasteiger partial charge in [0.05, 0.1) is 32.6 Å². The van der Waals surface area contributed by atoms with E-state index in [0.29, 0.717) is 39.6 Å². The number of carbonyl (C=O) groups excluding carboxylic acids is 2. The van der Waals surface area contributed by atoms with E-state index in [1.807, 2.05) is 30.5 Å². The summed E-state index contributed by atoms with van der Waals surface area (Å²) >= 11 is 2.58. The smallest absolute Gasteiger partial charge is 0.341 e. The van der Waals surface area contributed by atoms with Gasteiger partial charge in [0.15, 0.2) is 22.5 Å². The van der Waals surface area contributed by atoms with E-state index in [4.69, 9.17) is 14.2 Å². The van der Waals surface area contributed by atoms with Crippen LogP contribution in [0.15, 0.2) is 36.0 Å². The van der Waals surface area contributed by atoms with Gasteiger partial charge in [-0.05, 0) is 37.6 Å². The van der Waals surface area contributed by atoms with Gasteiger partial charge in [-0.1, -0.05) is 17.8 Å². The Kier molecular flexibility index (Phi) is 8.35. The standard InChI is InChI=1S/C23H26N4O5S2/c1-7-10-27-20(15-8-9-16(30-4)17(11-15)31-5)25-26-23(27)33-12-18(28)24-21-19(22(29)32-6)13(2)14(3)34-21/h7-9,11H,1,10,12H2,2-6H3,(H,24,28). The highest BCUT2D eigenvalue weighted by Crippen LogP contribution is 2.34. The molecule has 3 aromatic rings. The topological polar surface area (TPSA) is 105 Å². The van der Waals surface area contributed by atoms with Crippen LogP contribution in [0.3, 0.4) is 0 Å². The van der Waals surface area contributed by atoms with Crippen LogP contribution in [0, 0.1) is 13.8 Å². The summed E-state index contributed by atoms with van der Waals surface area (Å²) in [5.74, 6) is 1.13. The summed E-state index contributed by atoms with van der Waals surface area (Å²) in [7, 11) is 4.46. The molecule has 1 amide bonds. The first-order valence-corrected chi connectivity index (χ1v) is 12.0. The van der Waals surface area contributed by atoms with Crippen LogP contribution < -0.4 is 14.8 Å². The van der Waals surface area contributed by atoms with Crippen LogP contribution in [0.1, 0.15) is 20.8 Å². The van der Waals surface area contributed by atoms with Crippen LogP contribution in [0.25, 0.3) is 11.4 Å². The fourth-order valence-corrected chi connectivity index (χ4v) is 5.05. The zero-order valence-corrected chi connectivity index (χ0v) is 21.3. The molecule has 0 spiro atoms. The second-order valence-electron chi connectivity index (χ2n) is 7.09. The largest absolute Gasteiger partial charge is 0.493 e. The van der Waals surface area contributed by atoms with E-state index >= 15 is 0 Å². The minimum Gasteiger partial charge on any atom is -0.493 e. The van der Waals surface area contributed by atoms with Gasteiger partial charge in [0.2, 0.25) is 5.91 Å². The lowest BCUT2D eigenvalue weighted by atomic mass is 10.1. The number of aryl methyl sites for hydroxylation is 1. The van der Waals surface area contributed by atoms with Crippen molar-refractivity contribution in [2.45, 2.75) is 25.5 Å². The fourth-order valence-electron chi connectivity index (χ4n) is 3.23. The molecule has 1 aromatic carbocycles. The molecule has 0 fully saturated rings. The van der Waals surface area contributed by atoms with Crippen LogP contribution in [0.4, 0.5) is 5.00 Å². The molecule has 2 heterocycles. The third-order valence-corrected chi connectivity index (χ3v) is 7.12. The predicted molar refractivity (Wildman–Crippen MR) is 133 cm³/mol. The number of carbonyl (C=O) groups is 2. The van der Waals surface area contributed by atoms with E-state index in [0.717, 1.165) is 16.0 Å². The monoisotopic (exact) mass is 502 g/mol. The lowest BCUT2D eigenvalue weighted by molar-refractivity contribution is -0.113. The summed E-state index contributed by atoms with van der Waals surface area (Å²) < 4.78 is 17.4. The van der Waals surface area contributed by atoms with Gasteiger partial charge in [0.25, 0.3) is 0 Å². The number of nitrogens with one attached hydrogen (secondary N) is 1. The molecule has 0 bridgehead atoms. The molecule has 11 heteroatoms. The van der Waals surface area contributed by atoms with Gasteiger partial charge < -0.3 is 19.5 Å². The third kappa shape index (κ3) is 5.26. The zero-order chi connectivity index (χ0) is 24.8. The average molecular weight is 503 g/mol. The molecule has 0 saturated carbocycles. The molecular weight excluding hydrogens is 476 g/mol. The van der Waals surface area contributed by atoms with E-state index in [2.05, 4.69) is 22.1 Å². The number of hydrogen-bond donors (Lipinski definition) is 1. The van der Waals surface area contributed by atoms with Gasteiger partial charge in [-0.25, -0.2) is 4.79 Å². The second-order valence-corrected chi connectivity index (χ2v) is 9.26. The maximum absolute atomic E-state index is 12.7. The number of anilines is 1. The molecule has 0 radical (unpaired) electrons. The minimum atomic E-state index is -0.477. The lowest BCUT2D eigenvalue weighted by Crippen LogP contribution is -2.16. The first kappa shape index (κ1) is 25.3. The van der Waals surface area contributed by atoms with Gasteiger partial charge in [-0.2, -0.15) is 0 Å². The minimum absolute atomic E-state index is 0.0812. The number of thiophene rings is 1. The van der Waals surface area contributed by atoms with Gasteiger partial charge >= 0.3 is 5.97 Å². The van der Waals surface area contributed by atoms with Crippen molar-refractivity contribution in [2.75, 3.05) is 32.4 Å². The van der Waals surface area contributed by atoms with Crippen LogP contribution in [0.5, 0.6) is 11.5 Å². The van der Waals surface area contributed by atoms with Crippen molar-refractivity contribution >= 4 is 40.0 Å². The van der Waals surface area contributed by atoms with Crippen molar-refractivity contribution in [3.8, 4) is 22.9 Å². The molecule has 2 aromatic heterocycles. The van der Waals surface area contributed by atoms with Crippen molar-refractivity contribution in [3.63, 3.8) is 0 Å². The number of esters is 1. The van der Waals surface area contributed by atoms with Crippen molar-refractivity contribution in [3.05, 3.63) is 46.9 Å². The molecule has 0 atom stereocenters. The molecule has 9 nitrogen and oxygen atoms in total. The molecule has 3 rings (SSSR count). The quantitative estimate of drug-likeness (QED) is 0.248. The molecule has 0 aliphatic rings. The Morgan fingerprint density at radius 3 is 2.56 bits per heavy atom. The van der Waals surface area contributed by atoms with Crippen molar-refractivity contribution < 1.29 is 23.8 Å². The summed E-state index contributed by atoms with van der Waals surface area (Å²) in [4.78, 5) is 25.8. The number of nitrogens with zero attached hydrogens (tertiary/aromatic N) is 3. The van der Waals surface area contributed by atoms with Crippen molar-refractivity contribution in [1.82, 2.24) is 14.8 Å². The molecule has 0 unspecified atom stereocenters. The highest BCUT2D eigenvalue weighted by Gasteiger charge is 2.22. The van der Waals surface area contributed by atoms with Gasteiger partial charge in [-0.3, -0.25) is 9.36 Å². The van der Waals surface area contributed by atoms with Crippen LogP contribution in [0.2, 0.25) is 0 Å². The van der Waals surface area contributed by atoms with E-state index in [1.54, 1.807) is 26.4 Å². The lowest BCUT2D eigenvalue weighted by Gasteiger charge is -2.11. The molecule has 1 N–H and O–H groups in total. The number of amides is 1. The Bertz CT molecular complexity index is 1220. The van der Waals surface area contributed by atoms with Crippen LogP contribution in [-0.4, -0.2) is 53.7 Å². The number of thioether (sulfide) groups is 1. The SMILES string of the molecule is C=CCn1c(SCC(=O)Nc2sc(C)c(C)c2C(=O)OC)nnc1-c1ccc(OC)c(OC)c1. The first-order chi connectivity index (χ1) is 16.3. The Morgan fingerprint density at radius 2 is 1.91 bits per heavy atom. The number of benzene rings is 1. The molecule has 0 aliphatic heterocycles. The van der Waals surface area contributed by atoms with Crippen molar-refractivity contribution in [2.24, 2.45) is 0 Å². The number of methoxy groups -OCH3 is 3. The van der Waals surface area contributed by atoms with Gasteiger partial charge in [-0.15, -0.1) is 28.1 Å². The van der Waals surface area contributed by atoms with Crippen LogP contribution >= 0.6 is 23.1 Å². The number of rotatable bonds is 10. The second kappa shape index (κ2) is 11.2. The van der Waals surface area contributed by atoms with Crippen LogP contribution in [-0.2, 0) is 16.1 Å². The van der Waals surface area contributed by atoms with Gasteiger partial charge in [0.1, 0.15) is 5.00 Å². The Labute approximate surface area is 206 Å². The first-order valence-electron chi connectivity index (χ1n) is 10.2. The zero-order valence-electron chi connectivity index (χ0n) is 19.6. The number of hydrogen-bond acceptors (Lipinski definition) is 9. The van der Waals surface area contributed by atoms with E-state index in [-0.39, 0.29) is 11.7 Å². The van der Waals surface area contributed by atoms with E-state index in [1.165, 1.54) is 30.2 Å². The van der Waals surface area contributed by atoms with Gasteiger partial charge in [0, 0.05) is 17.0 Å². The summed E-state index contributed by atoms with van der Waals surface area (Å²) in [5.41, 5.74) is 1.97. The molecule has 0 saturated heterocycles. The third-order valence-electron chi connectivity index (χ3n) is 5.03. The predicted octanol–water partition coefficient (Wildman–Crippen LogP) is 4.34. The highest BCUT2D eigenvalue weighted by atomic mass is 32.2. The van der Waals surface area contributed by atoms with E-state index in [9.17, 15) is 9.59 Å². The summed E-state index contributed by atoms with van der Waals surface area (Å²) in [6.45, 7) is 7.99. The summed E-state index contributed by atoms with van der Waals surface area (Å²) in [6, 6.07) is 5.48. The maximum Gasteiger partial charge on any atom is 0.341 e. The molecular formula is C23H26N4O5S2. The number of ether oxygens (including phenoxy) is 3. The molecule has 180 valence electrons. The highest BCUT2D eigenvalue weighted by molar-refractivity contribution is 7.99.